The van der Waals surface area contributed by atoms with Crippen LogP contribution in [0.3, 0.4) is 0 Å². The number of nitrogens with zero attached hydrogens (tertiary/aromatic N) is 1. The van der Waals surface area contributed by atoms with Gasteiger partial charge in [-0.1, -0.05) is 26.7 Å². The highest BCUT2D eigenvalue weighted by atomic mass is 16.3. The van der Waals surface area contributed by atoms with Crippen molar-refractivity contribution in [2.45, 2.75) is 64.8 Å². The lowest BCUT2D eigenvalue weighted by molar-refractivity contribution is 0.114. The number of amidine groups is 1. The molecular weight excluding hydrogens is 238 g/mol. The molecule has 1 rings (SSSR count). The van der Waals surface area contributed by atoms with Crippen LogP contribution in [0.5, 0.6) is 0 Å². The van der Waals surface area contributed by atoms with Gasteiger partial charge in [-0.15, -0.1) is 0 Å². The zero-order chi connectivity index (χ0) is 14.3. The molecule has 0 radical (unpaired) electrons. The summed E-state index contributed by atoms with van der Waals surface area (Å²) in [5.74, 6) is 0.295. The first-order chi connectivity index (χ1) is 8.97. The average Bonchev–Trinajstić information content (AvgIpc) is 2.28. The maximum atomic E-state index is 8.96. The van der Waals surface area contributed by atoms with Gasteiger partial charge in [0.2, 0.25) is 0 Å². The summed E-state index contributed by atoms with van der Waals surface area (Å²) in [6, 6.07) is 0.757. The Balaban J connectivity index is 2.22. The largest absolute Gasteiger partial charge is 0.396 e. The van der Waals surface area contributed by atoms with Crippen LogP contribution in [0.15, 0.2) is 0 Å². The first kappa shape index (κ1) is 16.4. The average molecular weight is 269 g/mol. The molecule has 0 aliphatic heterocycles. The molecule has 0 unspecified atom stereocenters. The molecule has 4 heteroatoms. The number of rotatable bonds is 10. The van der Waals surface area contributed by atoms with Crippen LogP contribution in [0, 0.1) is 10.8 Å². The van der Waals surface area contributed by atoms with Crippen LogP contribution in [-0.4, -0.2) is 41.6 Å². The first-order valence-corrected chi connectivity index (χ1v) is 7.67. The molecule has 0 bridgehead atoms. The molecule has 1 saturated carbocycles. The smallest absolute Gasteiger partial charge is 0.0963 e. The zero-order valence-electron chi connectivity index (χ0n) is 12.6. The second kappa shape index (κ2) is 7.85. The maximum Gasteiger partial charge on any atom is 0.0963 e. The van der Waals surface area contributed by atoms with Crippen molar-refractivity contribution in [3.05, 3.63) is 0 Å². The van der Waals surface area contributed by atoms with Crippen LogP contribution in [0.25, 0.3) is 0 Å². The number of unbranched alkanes of at least 4 members (excludes halogenated alkanes) is 1. The van der Waals surface area contributed by atoms with Crippen LogP contribution in [0.1, 0.15) is 58.8 Å². The monoisotopic (exact) mass is 269 g/mol. The summed E-state index contributed by atoms with van der Waals surface area (Å²) in [5.41, 5.74) is 5.44. The minimum Gasteiger partial charge on any atom is -0.396 e. The van der Waals surface area contributed by atoms with E-state index in [9.17, 15) is 0 Å². The van der Waals surface area contributed by atoms with Gasteiger partial charge in [-0.2, -0.15) is 0 Å². The molecule has 19 heavy (non-hydrogen) atoms. The van der Waals surface area contributed by atoms with E-state index in [4.69, 9.17) is 16.2 Å². The Morgan fingerprint density at radius 2 is 1.89 bits per heavy atom. The van der Waals surface area contributed by atoms with Gasteiger partial charge in [0, 0.05) is 24.6 Å². The van der Waals surface area contributed by atoms with Crippen molar-refractivity contribution < 1.29 is 5.11 Å². The molecule has 0 aromatic rings. The van der Waals surface area contributed by atoms with E-state index < -0.39 is 0 Å². The molecule has 0 aromatic carbocycles. The molecule has 1 aliphatic rings. The second-order valence-corrected chi connectivity index (χ2v) is 6.45. The number of aliphatic hydroxyl groups is 1. The Labute approximate surface area is 117 Å². The van der Waals surface area contributed by atoms with Crippen molar-refractivity contribution in [1.29, 1.82) is 5.41 Å². The first-order valence-electron chi connectivity index (χ1n) is 7.67. The third kappa shape index (κ3) is 5.49. The Morgan fingerprint density at radius 1 is 1.26 bits per heavy atom. The number of nitrogens with two attached hydrogens (primary N) is 1. The minimum absolute atomic E-state index is 0.160. The Hall–Kier alpha value is -0.610. The van der Waals surface area contributed by atoms with Gasteiger partial charge in [-0.25, -0.2) is 0 Å². The predicted octanol–water partition coefficient (Wildman–Crippen LogP) is 2.36. The normalized spacial score (nSPS) is 16.6. The highest BCUT2D eigenvalue weighted by molar-refractivity contribution is 5.82. The summed E-state index contributed by atoms with van der Waals surface area (Å²) in [7, 11) is 0. The van der Waals surface area contributed by atoms with E-state index in [-0.39, 0.29) is 5.41 Å². The molecular formula is C15H31N3O. The number of nitrogens with one attached hydrogen (secondary N) is 1. The Morgan fingerprint density at radius 3 is 2.37 bits per heavy atom. The fourth-order valence-electron chi connectivity index (χ4n) is 2.52. The summed E-state index contributed by atoms with van der Waals surface area (Å²) >= 11 is 0. The van der Waals surface area contributed by atoms with Crippen LogP contribution in [-0.2, 0) is 0 Å². The number of hydrogen-bond acceptors (Lipinski definition) is 3. The van der Waals surface area contributed by atoms with Crippen LogP contribution >= 0.6 is 0 Å². The van der Waals surface area contributed by atoms with Crippen molar-refractivity contribution in [3.63, 3.8) is 0 Å². The molecule has 1 aliphatic carbocycles. The van der Waals surface area contributed by atoms with E-state index >= 15 is 0 Å². The summed E-state index contributed by atoms with van der Waals surface area (Å²) in [4.78, 5) is 2.54. The molecule has 0 atom stereocenters. The summed E-state index contributed by atoms with van der Waals surface area (Å²) in [6.07, 6.45) is 8.16. The van der Waals surface area contributed by atoms with Gasteiger partial charge < -0.3 is 15.7 Å². The fraction of sp³-hybridized carbons (Fsp3) is 0.933. The highest BCUT2D eigenvalue weighted by Gasteiger charge is 2.25. The van der Waals surface area contributed by atoms with Crippen LogP contribution in [0.4, 0.5) is 0 Å². The lowest BCUT2D eigenvalue weighted by atomic mass is 9.86. The Kier molecular flexibility index (Phi) is 6.80. The molecule has 4 nitrogen and oxygen atoms in total. The van der Waals surface area contributed by atoms with Crippen molar-refractivity contribution in [2.75, 3.05) is 19.7 Å². The van der Waals surface area contributed by atoms with Gasteiger partial charge >= 0.3 is 0 Å². The van der Waals surface area contributed by atoms with Gasteiger partial charge in [0.1, 0.15) is 0 Å². The molecule has 0 heterocycles. The van der Waals surface area contributed by atoms with Crippen molar-refractivity contribution in [2.24, 2.45) is 11.1 Å². The quantitative estimate of drug-likeness (QED) is 0.324. The van der Waals surface area contributed by atoms with Gasteiger partial charge in [0.25, 0.3) is 0 Å². The van der Waals surface area contributed by atoms with E-state index in [1.54, 1.807) is 0 Å². The van der Waals surface area contributed by atoms with Crippen molar-refractivity contribution in [1.82, 2.24) is 4.90 Å². The van der Waals surface area contributed by atoms with E-state index in [1.807, 2.05) is 13.8 Å². The van der Waals surface area contributed by atoms with Gasteiger partial charge in [-0.05, 0) is 38.6 Å². The lowest BCUT2D eigenvalue weighted by Crippen LogP contribution is -2.41. The van der Waals surface area contributed by atoms with Crippen LogP contribution < -0.4 is 5.73 Å². The van der Waals surface area contributed by atoms with Crippen molar-refractivity contribution >= 4 is 5.84 Å². The van der Waals surface area contributed by atoms with Crippen molar-refractivity contribution in [3.8, 4) is 0 Å². The van der Waals surface area contributed by atoms with E-state index in [1.165, 1.54) is 25.7 Å². The SMILES string of the molecule is CC(C)(CCCCN(CCCO)C1CCC1)C(=N)N. The molecule has 0 aromatic heterocycles. The zero-order valence-corrected chi connectivity index (χ0v) is 12.6. The topological polar surface area (TPSA) is 73.3 Å². The minimum atomic E-state index is -0.160. The molecule has 4 N–H and O–H groups in total. The third-order valence-electron chi connectivity index (χ3n) is 4.42. The Bertz CT molecular complexity index is 275. The summed E-state index contributed by atoms with van der Waals surface area (Å²) in [6.45, 7) is 6.53. The molecule has 112 valence electrons. The third-order valence-corrected chi connectivity index (χ3v) is 4.42. The van der Waals surface area contributed by atoms with Gasteiger partial charge in [0.05, 0.1) is 5.84 Å². The highest BCUT2D eigenvalue weighted by Crippen LogP contribution is 2.26. The lowest BCUT2D eigenvalue weighted by Gasteiger charge is -2.37. The maximum absolute atomic E-state index is 8.96. The molecule has 0 amide bonds. The molecule has 1 fully saturated rings. The van der Waals surface area contributed by atoms with Gasteiger partial charge in [-0.3, -0.25) is 5.41 Å². The van der Waals surface area contributed by atoms with Crippen LogP contribution in [0.2, 0.25) is 0 Å². The number of hydrogen-bond donors (Lipinski definition) is 3. The van der Waals surface area contributed by atoms with Gasteiger partial charge in [0.15, 0.2) is 0 Å². The summed E-state index contributed by atoms with van der Waals surface area (Å²) < 4.78 is 0. The molecule has 0 spiro atoms. The summed E-state index contributed by atoms with van der Waals surface area (Å²) in [5, 5.41) is 16.5. The fourth-order valence-corrected chi connectivity index (χ4v) is 2.52. The second-order valence-electron chi connectivity index (χ2n) is 6.45. The molecule has 0 saturated heterocycles. The van der Waals surface area contributed by atoms with E-state index in [2.05, 4.69) is 4.90 Å². The van der Waals surface area contributed by atoms with E-state index in [0.717, 1.165) is 38.4 Å². The predicted molar refractivity (Wildman–Crippen MR) is 80.5 cm³/mol. The number of aliphatic hydroxyl groups excluding tert-OH is 1. The standard InChI is InChI=1S/C15H31N3O/c1-15(2,14(16)17)9-3-4-10-18(11-6-12-19)13-7-5-8-13/h13,19H,3-12H2,1-2H3,(H3,16,17). The van der Waals surface area contributed by atoms with E-state index in [0.29, 0.717) is 12.4 Å².